The van der Waals surface area contributed by atoms with Crippen molar-refractivity contribution < 1.29 is 4.79 Å². The Labute approximate surface area is 120 Å². The van der Waals surface area contributed by atoms with Crippen LogP contribution >= 0.6 is 0 Å². The van der Waals surface area contributed by atoms with Crippen molar-refractivity contribution in [3.63, 3.8) is 0 Å². The molecule has 1 amide bonds. The maximum absolute atomic E-state index is 12.5. The molecule has 0 aliphatic rings. The summed E-state index contributed by atoms with van der Waals surface area (Å²) < 4.78 is 0. The molecular formula is C18H21NO. The summed E-state index contributed by atoms with van der Waals surface area (Å²) in [4.78, 5) is 12.5. The van der Waals surface area contributed by atoms with Gasteiger partial charge < -0.3 is 5.32 Å². The van der Waals surface area contributed by atoms with Crippen LogP contribution in [0.15, 0.2) is 48.5 Å². The lowest BCUT2D eigenvalue weighted by Crippen LogP contribution is -2.41. The van der Waals surface area contributed by atoms with Gasteiger partial charge in [0.2, 0.25) is 0 Å². The minimum Gasteiger partial charge on any atom is -0.343 e. The van der Waals surface area contributed by atoms with Crippen LogP contribution in [0.3, 0.4) is 0 Å². The highest BCUT2D eigenvalue weighted by Gasteiger charge is 2.23. The summed E-state index contributed by atoms with van der Waals surface area (Å²) in [6, 6.07) is 15.8. The molecule has 0 saturated heterocycles. The first kappa shape index (κ1) is 14.3. The third-order valence-corrected chi connectivity index (χ3v) is 3.77. The maximum atomic E-state index is 12.5. The standard InChI is InChI=1S/C18H21NO/c1-13-9-8-12-16(14(13)2)17(20)19-18(3,4)15-10-6-5-7-11-15/h5-12H,1-4H3,(H,19,20). The molecule has 0 spiro atoms. The van der Waals surface area contributed by atoms with Crippen molar-refractivity contribution in [3.05, 3.63) is 70.8 Å². The molecule has 0 fully saturated rings. The average molecular weight is 267 g/mol. The van der Waals surface area contributed by atoms with Gasteiger partial charge in [0, 0.05) is 5.56 Å². The van der Waals surface area contributed by atoms with Crippen molar-refractivity contribution in [2.75, 3.05) is 0 Å². The number of carbonyl (C=O) groups excluding carboxylic acids is 1. The Morgan fingerprint density at radius 3 is 2.25 bits per heavy atom. The topological polar surface area (TPSA) is 29.1 Å². The van der Waals surface area contributed by atoms with E-state index in [4.69, 9.17) is 0 Å². The predicted octanol–water partition coefficient (Wildman–Crippen LogP) is 3.97. The van der Waals surface area contributed by atoms with Crippen molar-refractivity contribution in [2.24, 2.45) is 0 Å². The molecule has 0 atom stereocenters. The molecule has 0 heterocycles. The van der Waals surface area contributed by atoms with Crippen LogP contribution in [-0.4, -0.2) is 5.91 Å². The van der Waals surface area contributed by atoms with Gasteiger partial charge in [-0.1, -0.05) is 42.5 Å². The van der Waals surface area contributed by atoms with Crippen LogP contribution in [0.5, 0.6) is 0 Å². The minimum atomic E-state index is -0.394. The molecule has 20 heavy (non-hydrogen) atoms. The van der Waals surface area contributed by atoms with Gasteiger partial charge in [0.1, 0.15) is 0 Å². The summed E-state index contributed by atoms with van der Waals surface area (Å²) in [7, 11) is 0. The van der Waals surface area contributed by atoms with Gasteiger partial charge in [-0.2, -0.15) is 0 Å². The second kappa shape index (κ2) is 5.49. The Morgan fingerprint density at radius 1 is 0.950 bits per heavy atom. The van der Waals surface area contributed by atoms with Gasteiger partial charge in [-0.05, 0) is 50.5 Å². The number of aryl methyl sites for hydroxylation is 1. The zero-order valence-electron chi connectivity index (χ0n) is 12.5. The predicted molar refractivity (Wildman–Crippen MR) is 82.9 cm³/mol. The van der Waals surface area contributed by atoms with E-state index in [0.29, 0.717) is 0 Å². The van der Waals surface area contributed by atoms with E-state index in [1.54, 1.807) is 0 Å². The van der Waals surface area contributed by atoms with E-state index in [-0.39, 0.29) is 5.91 Å². The van der Waals surface area contributed by atoms with Gasteiger partial charge >= 0.3 is 0 Å². The van der Waals surface area contributed by atoms with E-state index in [9.17, 15) is 4.79 Å². The highest BCUT2D eigenvalue weighted by Crippen LogP contribution is 2.21. The van der Waals surface area contributed by atoms with Crippen molar-refractivity contribution >= 4 is 5.91 Å². The lowest BCUT2D eigenvalue weighted by atomic mass is 9.93. The third-order valence-electron chi connectivity index (χ3n) is 3.77. The molecule has 0 unspecified atom stereocenters. The number of carbonyl (C=O) groups is 1. The quantitative estimate of drug-likeness (QED) is 0.895. The number of benzene rings is 2. The van der Waals surface area contributed by atoms with Crippen LogP contribution < -0.4 is 5.32 Å². The van der Waals surface area contributed by atoms with Crippen LogP contribution in [0.2, 0.25) is 0 Å². The molecule has 1 N–H and O–H groups in total. The highest BCUT2D eigenvalue weighted by molar-refractivity contribution is 5.96. The molecule has 2 aromatic carbocycles. The SMILES string of the molecule is Cc1cccc(C(=O)NC(C)(C)c2ccccc2)c1C. The largest absolute Gasteiger partial charge is 0.343 e. The molecule has 0 aliphatic heterocycles. The van der Waals surface area contributed by atoms with E-state index in [2.05, 4.69) is 5.32 Å². The average Bonchev–Trinajstić information content (AvgIpc) is 2.42. The maximum Gasteiger partial charge on any atom is 0.252 e. The summed E-state index contributed by atoms with van der Waals surface area (Å²) >= 11 is 0. The fourth-order valence-corrected chi connectivity index (χ4v) is 2.28. The minimum absolute atomic E-state index is 0.0277. The van der Waals surface area contributed by atoms with Crippen molar-refractivity contribution in [2.45, 2.75) is 33.2 Å². The molecule has 104 valence electrons. The lowest BCUT2D eigenvalue weighted by Gasteiger charge is -2.27. The number of amides is 1. The van der Waals surface area contributed by atoms with Gasteiger partial charge in [0.05, 0.1) is 5.54 Å². The third kappa shape index (κ3) is 2.90. The second-order valence-electron chi connectivity index (χ2n) is 5.69. The molecular weight excluding hydrogens is 246 g/mol. The van der Waals surface area contributed by atoms with Crippen molar-refractivity contribution in [3.8, 4) is 0 Å². The Kier molecular flexibility index (Phi) is 3.93. The number of nitrogens with one attached hydrogen (secondary N) is 1. The number of rotatable bonds is 3. The normalized spacial score (nSPS) is 11.2. The van der Waals surface area contributed by atoms with E-state index >= 15 is 0 Å². The van der Waals surface area contributed by atoms with Gasteiger partial charge in [-0.3, -0.25) is 4.79 Å². The van der Waals surface area contributed by atoms with Crippen LogP contribution in [0.25, 0.3) is 0 Å². The molecule has 2 aromatic rings. The Balaban J connectivity index is 2.25. The van der Waals surface area contributed by atoms with Crippen molar-refractivity contribution in [1.82, 2.24) is 5.32 Å². The summed E-state index contributed by atoms with van der Waals surface area (Å²) in [6.07, 6.45) is 0. The van der Waals surface area contributed by atoms with Crippen molar-refractivity contribution in [1.29, 1.82) is 0 Å². The number of hydrogen-bond acceptors (Lipinski definition) is 1. The van der Waals surface area contributed by atoms with Gasteiger partial charge in [-0.25, -0.2) is 0 Å². The molecule has 0 radical (unpaired) electrons. The molecule has 0 aromatic heterocycles. The molecule has 2 nitrogen and oxygen atoms in total. The van der Waals surface area contributed by atoms with Crippen LogP contribution in [0.1, 0.15) is 40.9 Å². The first-order valence-corrected chi connectivity index (χ1v) is 6.86. The summed E-state index contributed by atoms with van der Waals surface area (Å²) in [6.45, 7) is 8.05. The second-order valence-corrected chi connectivity index (χ2v) is 5.69. The summed E-state index contributed by atoms with van der Waals surface area (Å²) in [5.74, 6) is -0.0277. The molecule has 2 rings (SSSR count). The van der Waals surface area contributed by atoms with Gasteiger partial charge in [0.25, 0.3) is 5.91 Å². The summed E-state index contributed by atoms with van der Waals surface area (Å²) in [5.41, 5.74) is 3.62. The fourth-order valence-electron chi connectivity index (χ4n) is 2.28. The van der Waals surface area contributed by atoms with Gasteiger partial charge in [0.15, 0.2) is 0 Å². The highest BCUT2D eigenvalue weighted by atomic mass is 16.1. The number of hydrogen-bond donors (Lipinski definition) is 1. The first-order valence-electron chi connectivity index (χ1n) is 6.86. The van der Waals surface area contributed by atoms with Crippen LogP contribution in [0, 0.1) is 13.8 Å². The van der Waals surface area contributed by atoms with E-state index < -0.39 is 5.54 Å². The van der Waals surface area contributed by atoms with Crippen LogP contribution in [-0.2, 0) is 5.54 Å². The molecule has 0 bridgehead atoms. The first-order chi connectivity index (χ1) is 9.42. The lowest BCUT2D eigenvalue weighted by molar-refractivity contribution is 0.0911. The molecule has 0 aliphatic carbocycles. The monoisotopic (exact) mass is 267 g/mol. The Morgan fingerprint density at radius 2 is 1.60 bits per heavy atom. The molecule has 2 heteroatoms. The van der Waals surface area contributed by atoms with E-state index in [0.717, 1.165) is 22.3 Å². The fraction of sp³-hybridized carbons (Fsp3) is 0.278. The van der Waals surface area contributed by atoms with Gasteiger partial charge in [-0.15, -0.1) is 0 Å². The molecule has 0 saturated carbocycles. The smallest absolute Gasteiger partial charge is 0.252 e. The van der Waals surface area contributed by atoms with E-state index in [1.165, 1.54) is 0 Å². The zero-order valence-corrected chi connectivity index (χ0v) is 12.5. The summed E-state index contributed by atoms with van der Waals surface area (Å²) in [5, 5.41) is 3.12. The Hall–Kier alpha value is -2.09. The van der Waals surface area contributed by atoms with E-state index in [1.807, 2.05) is 76.2 Å². The Bertz CT molecular complexity index is 615. The zero-order chi connectivity index (χ0) is 14.8. The van der Waals surface area contributed by atoms with Crippen LogP contribution in [0.4, 0.5) is 0 Å².